The number of amides is 1. The summed E-state index contributed by atoms with van der Waals surface area (Å²) >= 11 is 0. The minimum absolute atomic E-state index is 0.0966. The summed E-state index contributed by atoms with van der Waals surface area (Å²) in [6.45, 7) is 11.1. The molecule has 0 unspecified atom stereocenters. The van der Waals surface area contributed by atoms with Gasteiger partial charge in [-0.15, -0.1) is 0 Å². The van der Waals surface area contributed by atoms with Crippen LogP contribution in [0.1, 0.15) is 18.1 Å². The SMILES string of the molecule is CCN(C(=O)C[NH+]1CCN(c2cccc(C)c2C)CC1)c1ccc(F)cc1. The molecule has 0 radical (unpaired) electrons. The van der Waals surface area contributed by atoms with Gasteiger partial charge in [0, 0.05) is 17.9 Å². The van der Waals surface area contributed by atoms with Crippen molar-refractivity contribution in [1.29, 1.82) is 0 Å². The van der Waals surface area contributed by atoms with Gasteiger partial charge >= 0.3 is 0 Å². The second-order valence-corrected chi connectivity index (χ2v) is 7.25. The molecule has 0 saturated carbocycles. The molecule has 1 amide bonds. The average Bonchev–Trinajstić information content (AvgIpc) is 2.67. The molecule has 4 nitrogen and oxygen atoms in total. The number of piperazine rings is 1. The van der Waals surface area contributed by atoms with Crippen LogP contribution in [0.2, 0.25) is 0 Å². The van der Waals surface area contributed by atoms with Gasteiger partial charge in [-0.3, -0.25) is 4.79 Å². The maximum absolute atomic E-state index is 13.1. The second-order valence-electron chi connectivity index (χ2n) is 7.25. The van der Waals surface area contributed by atoms with E-state index in [0.717, 1.165) is 31.9 Å². The molecule has 1 aliphatic rings. The van der Waals surface area contributed by atoms with Crippen LogP contribution in [0.15, 0.2) is 42.5 Å². The van der Waals surface area contributed by atoms with E-state index < -0.39 is 0 Å². The van der Waals surface area contributed by atoms with Crippen molar-refractivity contribution >= 4 is 17.3 Å². The lowest BCUT2D eigenvalue weighted by Gasteiger charge is -2.35. The number of quaternary nitrogens is 1. The maximum atomic E-state index is 13.1. The van der Waals surface area contributed by atoms with Crippen molar-refractivity contribution in [3.8, 4) is 0 Å². The van der Waals surface area contributed by atoms with Crippen molar-refractivity contribution in [3.63, 3.8) is 0 Å². The van der Waals surface area contributed by atoms with E-state index in [2.05, 4.69) is 36.9 Å². The third-order valence-electron chi connectivity index (χ3n) is 5.54. The first-order chi connectivity index (χ1) is 13.0. The number of likely N-dealkylation sites (N-methyl/N-ethyl adjacent to an activating group) is 1. The quantitative estimate of drug-likeness (QED) is 0.874. The zero-order valence-electron chi connectivity index (χ0n) is 16.5. The number of rotatable bonds is 5. The molecule has 0 atom stereocenters. The van der Waals surface area contributed by atoms with Gasteiger partial charge in [0.1, 0.15) is 5.82 Å². The van der Waals surface area contributed by atoms with Gasteiger partial charge in [0.25, 0.3) is 5.91 Å². The number of hydrogen-bond acceptors (Lipinski definition) is 2. The standard InChI is InChI=1S/C22H28FN3O/c1-4-26(20-10-8-19(23)9-11-20)22(27)16-24-12-14-25(15-13-24)21-7-5-6-17(2)18(21)3/h5-11H,4,12-16H2,1-3H3/p+1. The Morgan fingerprint density at radius 1 is 1.11 bits per heavy atom. The summed E-state index contributed by atoms with van der Waals surface area (Å²) in [5, 5.41) is 0. The second kappa shape index (κ2) is 8.53. The van der Waals surface area contributed by atoms with Gasteiger partial charge in [-0.1, -0.05) is 12.1 Å². The molecule has 5 heteroatoms. The van der Waals surface area contributed by atoms with Gasteiger partial charge in [-0.25, -0.2) is 4.39 Å². The number of aryl methyl sites for hydroxylation is 1. The molecule has 2 aromatic rings. The van der Waals surface area contributed by atoms with Crippen LogP contribution in [0.25, 0.3) is 0 Å². The van der Waals surface area contributed by atoms with Crippen LogP contribution in [0.3, 0.4) is 0 Å². The van der Waals surface area contributed by atoms with Crippen molar-refractivity contribution in [1.82, 2.24) is 0 Å². The Bertz CT molecular complexity index is 783. The number of hydrogen-bond donors (Lipinski definition) is 1. The average molecular weight is 370 g/mol. The Kier molecular flexibility index (Phi) is 6.11. The highest BCUT2D eigenvalue weighted by molar-refractivity contribution is 5.93. The van der Waals surface area contributed by atoms with Crippen LogP contribution in [-0.2, 0) is 4.79 Å². The molecule has 144 valence electrons. The summed E-state index contributed by atoms with van der Waals surface area (Å²) < 4.78 is 13.1. The molecule has 0 bridgehead atoms. The maximum Gasteiger partial charge on any atom is 0.282 e. The molecule has 1 saturated heterocycles. The monoisotopic (exact) mass is 370 g/mol. The molecule has 1 fully saturated rings. The Morgan fingerprint density at radius 2 is 1.78 bits per heavy atom. The zero-order chi connectivity index (χ0) is 19.4. The first-order valence-electron chi connectivity index (χ1n) is 9.70. The van der Waals surface area contributed by atoms with Crippen LogP contribution in [-0.4, -0.2) is 45.2 Å². The first-order valence-corrected chi connectivity index (χ1v) is 9.70. The Hall–Kier alpha value is -2.40. The number of nitrogens with one attached hydrogen (secondary N) is 1. The lowest BCUT2D eigenvalue weighted by Crippen LogP contribution is -3.16. The van der Waals surface area contributed by atoms with E-state index in [9.17, 15) is 9.18 Å². The molecule has 0 aromatic heterocycles. The van der Waals surface area contributed by atoms with Crippen molar-refractivity contribution < 1.29 is 14.1 Å². The summed E-state index contributed by atoms with van der Waals surface area (Å²) in [4.78, 5) is 18.2. The number of anilines is 2. The highest BCUT2D eigenvalue weighted by atomic mass is 19.1. The molecule has 1 aliphatic heterocycles. The molecule has 1 N–H and O–H groups in total. The van der Waals surface area contributed by atoms with E-state index in [4.69, 9.17) is 0 Å². The van der Waals surface area contributed by atoms with E-state index in [1.165, 1.54) is 33.8 Å². The smallest absolute Gasteiger partial charge is 0.282 e. The molecular weight excluding hydrogens is 341 g/mol. The Labute approximate surface area is 161 Å². The van der Waals surface area contributed by atoms with Crippen molar-refractivity contribution in [3.05, 3.63) is 59.4 Å². The predicted molar refractivity (Wildman–Crippen MR) is 108 cm³/mol. The predicted octanol–water partition coefficient (Wildman–Crippen LogP) is 2.20. The lowest BCUT2D eigenvalue weighted by atomic mass is 10.1. The summed E-state index contributed by atoms with van der Waals surface area (Å²) in [5.41, 5.74) is 4.72. The number of carbonyl (C=O) groups excluding carboxylic acids is 1. The van der Waals surface area contributed by atoms with Crippen molar-refractivity contribution in [2.45, 2.75) is 20.8 Å². The van der Waals surface area contributed by atoms with Gasteiger partial charge in [0.2, 0.25) is 0 Å². The topological polar surface area (TPSA) is 28.0 Å². The summed E-state index contributed by atoms with van der Waals surface area (Å²) in [6.07, 6.45) is 0. The van der Waals surface area contributed by atoms with Crippen LogP contribution >= 0.6 is 0 Å². The van der Waals surface area contributed by atoms with E-state index in [1.807, 2.05) is 6.92 Å². The van der Waals surface area contributed by atoms with Gasteiger partial charge in [-0.05, 0) is 62.2 Å². The van der Waals surface area contributed by atoms with Crippen molar-refractivity contribution in [2.75, 3.05) is 49.1 Å². The molecule has 0 aliphatic carbocycles. The van der Waals surface area contributed by atoms with Crippen LogP contribution in [0, 0.1) is 19.7 Å². The number of nitrogens with zero attached hydrogens (tertiary/aromatic N) is 2. The fraction of sp³-hybridized carbons (Fsp3) is 0.409. The fourth-order valence-electron chi connectivity index (χ4n) is 3.75. The van der Waals surface area contributed by atoms with Gasteiger partial charge in [-0.2, -0.15) is 0 Å². The third kappa shape index (κ3) is 4.48. The van der Waals surface area contributed by atoms with E-state index in [-0.39, 0.29) is 11.7 Å². The molecule has 3 rings (SSSR count). The van der Waals surface area contributed by atoms with E-state index >= 15 is 0 Å². The van der Waals surface area contributed by atoms with E-state index in [1.54, 1.807) is 17.0 Å². The van der Waals surface area contributed by atoms with E-state index in [0.29, 0.717) is 13.1 Å². The molecule has 27 heavy (non-hydrogen) atoms. The van der Waals surface area contributed by atoms with Crippen LogP contribution in [0.5, 0.6) is 0 Å². The molecule has 0 spiro atoms. The Morgan fingerprint density at radius 3 is 2.41 bits per heavy atom. The van der Waals surface area contributed by atoms with Gasteiger partial charge in [0.15, 0.2) is 6.54 Å². The minimum atomic E-state index is -0.282. The van der Waals surface area contributed by atoms with Crippen LogP contribution in [0.4, 0.5) is 15.8 Å². The van der Waals surface area contributed by atoms with Crippen LogP contribution < -0.4 is 14.7 Å². The largest absolute Gasteiger partial charge is 0.360 e. The number of carbonyl (C=O) groups is 1. The minimum Gasteiger partial charge on any atom is -0.360 e. The summed E-state index contributed by atoms with van der Waals surface area (Å²) in [7, 11) is 0. The third-order valence-corrected chi connectivity index (χ3v) is 5.54. The zero-order valence-corrected chi connectivity index (χ0v) is 16.5. The Balaban J connectivity index is 1.59. The van der Waals surface area contributed by atoms with Gasteiger partial charge in [0.05, 0.1) is 26.2 Å². The molecular formula is C22H29FN3O+. The molecule has 1 heterocycles. The van der Waals surface area contributed by atoms with Gasteiger partial charge < -0.3 is 14.7 Å². The normalized spacial score (nSPS) is 15.0. The fourth-order valence-corrected chi connectivity index (χ4v) is 3.75. The highest BCUT2D eigenvalue weighted by Crippen LogP contribution is 2.22. The lowest BCUT2D eigenvalue weighted by molar-refractivity contribution is -0.892. The number of benzene rings is 2. The summed E-state index contributed by atoms with van der Waals surface area (Å²) in [5.74, 6) is -0.185. The highest BCUT2D eigenvalue weighted by Gasteiger charge is 2.25. The van der Waals surface area contributed by atoms with Crippen molar-refractivity contribution in [2.24, 2.45) is 0 Å². The first kappa shape index (κ1) is 19.4. The summed E-state index contributed by atoms with van der Waals surface area (Å²) in [6, 6.07) is 12.6. The number of halogens is 1. The molecule has 2 aromatic carbocycles.